The number of benzene rings is 1. The van der Waals surface area contributed by atoms with Gasteiger partial charge in [0.1, 0.15) is 5.58 Å². The van der Waals surface area contributed by atoms with Crippen molar-refractivity contribution in [2.24, 2.45) is 0 Å². The summed E-state index contributed by atoms with van der Waals surface area (Å²) in [6, 6.07) is 14.3. The van der Waals surface area contributed by atoms with Crippen LogP contribution in [0, 0.1) is 6.92 Å². The normalized spacial score (nSPS) is 12.2. The molecule has 1 aromatic carbocycles. The third-order valence-corrected chi connectivity index (χ3v) is 4.38. The third kappa shape index (κ3) is 2.28. The minimum atomic E-state index is -0.0122. The quantitative estimate of drug-likeness (QED) is 0.455. The first-order valence-electron chi connectivity index (χ1n) is 8.20. The smallest absolute Gasteiger partial charge is 0.227 e. The van der Waals surface area contributed by atoms with E-state index in [4.69, 9.17) is 9.40 Å². The molecule has 3 heteroatoms. The van der Waals surface area contributed by atoms with Crippen LogP contribution in [0.4, 0.5) is 0 Å². The van der Waals surface area contributed by atoms with Crippen LogP contribution in [0.25, 0.3) is 33.3 Å². The van der Waals surface area contributed by atoms with Crippen molar-refractivity contribution in [3.05, 3.63) is 59.9 Å². The minimum Gasteiger partial charge on any atom is -0.437 e. The molecule has 0 unspecified atom stereocenters. The molecule has 0 aliphatic rings. The number of fused-ring (bicyclic) bond motifs is 3. The molecule has 0 aliphatic carbocycles. The van der Waals surface area contributed by atoms with Crippen LogP contribution in [0.1, 0.15) is 32.0 Å². The molecule has 0 radical (unpaired) electrons. The first kappa shape index (κ1) is 14.9. The highest BCUT2D eigenvalue weighted by Gasteiger charge is 2.21. The Hall–Kier alpha value is -2.68. The van der Waals surface area contributed by atoms with E-state index in [-0.39, 0.29) is 5.41 Å². The molecular formula is C21H20N2O. The van der Waals surface area contributed by atoms with Crippen molar-refractivity contribution in [1.82, 2.24) is 9.97 Å². The number of pyridine rings is 2. The maximum Gasteiger partial charge on any atom is 0.227 e. The highest BCUT2D eigenvalue weighted by Crippen LogP contribution is 2.37. The summed E-state index contributed by atoms with van der Waals surface area (Å²) in [5.74, 6) is 0. The number of aryl methyl sites for hydroxylation is 1. The Kier molecular flexibility index (Phi) is 3.20. The van der Waals surface area contributed by atoms with Gasteiger partial charge in [0.05, 0.1) is 16.8 Å². The Labute approximate surface area is 141 Å². The van der Waals surface area contributed by atoms with Crippen molar-refractivity contribution in [3.8, 4) is 11.3 Å². The monoisotopic (exact) mass is 316 g/mol. The molecule has 4 aromatic rings. The maximum absolute atomic E-state index is 6.20. The van der Waals surface area contributed by atoms with Crippen LogP contribution in [-0.2, 0) is 5.41 Å². The predicted molar refractivity (Wildman–Crippen MR) is 98.2 cm³/mol. The molecule has 0 saturated heterocycles. The average molecular weight is 316 g/mol. The fourth-order valence-electron chi connectivity index (χ4n) is 3.09. The molecule has 0 amide bonds. The van der Waals surface area contributed by atoms with Gasteiger partial charge in [-0.2, -0.15) is 0 Å². The van der Waals surface area contributed by atoms with E-state index in [9.17, 15) is 0 Å². The number of furan rings is 1. The largest absolute Gasteiger partial charge is 0.437 e. The lowest BCUT2D eigenvalue weighted by Crippen LogP contribution is -2.13. The lowest BCUT2D eigenvalue weighted by atomic mass is 9.90. The molecule has 3 heterocycles. The second-order valence-corrected chi connectivity index (χ2v) is 7.25. The first-order valence-corrected chi connectivity index (χ1v) is 8.20. The molecule has 0 spiro atoms. The molecule has 3 aromatic heterocycles. The molecule has 0 atom stereocenters. The van der Waals surface area contributed by atoms with E-state index >= 15 is 0 Å². The standard InChI is InChI=1S/C21H20N2O/c1-13-12-17(21(2,3)4)23-20-18(13)15-9-7-8-14(19(15)24-20)16-10-5-6-11-22-16/h5-12H,1-4H3. The highest BCUT2D eigenvalue weighted by molar-refractivity contribution is 6.09. The van der Waals surface area contributed by atoms with Crippen LogP contribution in [0.3, 0.4) is 0 Å². The number of hydrogen-bond donors (Lipinski definition) is 0. The summed E-state index contributed by atoms with van der Waals surface area (Å²) in [6.45, 7) is 8.63. The van der Waals surface area contributed by atoms with Crippen molar-refractivity contribution in [3.63, 3.8) is 0 Å². The van der Waals surface area contributed by atoms with Gasteiger partial charge in [0.2, 0.25) is 5.71 Å². The molecule has 120 valence electrons. The fourth-order valence-corrected chi connectivity index (χ4v) is 3.09. The van der Waals surface area contributed by atoms with Crippen LogP contribution in [0.15, 0.2) is 53.1 Å². The molecular weight excluding hydrogens is 296 g/mol. The summed E-state index contributed by atoms with van der Waals surface area (Å²) in [7, 11) is 0. The van der Waals surface area contributed by atoms with E-state index in [0.717, 1.165) is 33.3 Å². The van der Waals surface area contributed by atoms with E-state index < -0.39 is 0 Å². The van der Waals surface area contributed by atoms with Crippen molar-refractivity contribution >= 4 is 22.1 Å². The maximum atomic E-state index is 6.20. The number of para-hydroxylation sites is 1. The Bertz CT molecular complexity index is 1040. The number of rotatable bonds is 1. The number of nitrogens with zero attached hydrogens (tertiary/aromatic N) is 2. The molecule has 0 aliphatic heterocycles. The van der Waals surface area contributed by atoms with Gasteiger partial charge >= 0.3 is 0 Å². The van der Waals surface area contributed by atoms with E-state index in [2.05, 4.69) is 50.9 Å². The number of hydrogen-bond acceptors (Lipinski definition) is 3. The van der Waals surface area contributed by atoms with E-state index in [1.807, 2.05) is 24.3 Å². The van der Waals surface area contributed by atoms with E-state index in [1.54, 1.807) is 6.20 Å². The SMILES string of the molecule is Cc1cc(C(C)(C)C)nc2oc3c(-c4ccccn4)cccc3c12. The summed E-state index contributed by atoms with van der Waals surface area (Å²) in [5, 5.41) is 2.19. The highest BCUT2D eigenvalue weighted by atomic mass is 16.3. The summed E-state index contributed by atoms with van der Waals surface area (Å²) < 4.78 is 6.20. The predicted octanol–water partition coefficient (Wildman–Crippen LogP) is 5.65. The Balaban J connectivity index is 2.07. The molecule has 0 bridgehead atoms. The lowest BCUT2D eigenvalue weighted by Gasteiger charge is -2.17. The lowest BCUT2D eigenvalue weighted by molar-refractivity contribution is 0.561. The zero-order chi connectivity index (χ0) is 16.9. The van der Waals surface area contributed by atoms with Crippen LogP contribution < -0.4 is 0 Å². The molecule has 0 fully saturated rings. The van der Waals surface area contributed by atoms with Gasteiger partial charge in [0.25, 0.3) is 0 Å². The summed E-state index contributed by atoms with van der Waals surface area (Å²) >= 11 is 0. The average Bonchev–Trinajstić information content (AvgIpc) is 2.93. The van der Waals surface area contributed by atoms with Crippen molar-refractivity contribution in [2.75, 3.05) is 0 Å². The van der Waals surface area contributed by atoms with E-state index in [0.29, 0.717) is 5.71 Å². The van der Waals surface area contributed by atoms with Crippen molar-refractivity contribution in [2.45, 2.75) is 33.1 Å². The van der Waals surface area contributed by atoms with Crippen LogP contribution in [0.2, 0.25) is 0 Å². The van der Waals surface area contributed by atoms with Gasteiger partial charge in [-0.1, -0.05) is 39.0 Å². The third-order valence-electron chi connectivity index (χ3n) is 4.38. The molecule has 4 rings (SSSR count). The molecule has 3 nitrogen and oxygen atoms in total. The first-order chi connectivity index (χ1) is 11.4. The van der Waals surface area contributed by atoms with Crippen LogP contribution >= 0.6 is 0 Å². The van der Waals surface area contributed by atoms with Gasteiger partial charge in [-0.25, -0.2) is 4.98 Å². The minimum absolute atomic E-state index is 0.0122. The molecule has 24 heavy (non-hydrogen) atoms. The van der Waals surface area contributed by atoms with Crippen LogP contribution in [0.5, 0.6) is 0 Å². The molecule has 0 saturated carbocycles. The van der Waals surface area contributed by atoms with Gasteiger partial charge in [-0.3, -0.25) is 4.98 Å². The Morgan fingerprint density at radius 2 is 1.83 bits per heavy atom. The molecule has 0 N–H and O–H groups in total. The summed E-state index contributed by atoms with van der Waals surface area (Å²) in [5.41, 5.74) is 5.71. The fraction of sp³-hybridized carbons (Fsp3) is 0.238. The van der Waals surface area contributed by atoms with Gasteiger partial charge < -0.3 is 4.42 Å². The van der Waals surface area contributed by atoms with Crippen molar-refractivity contribution in [1.29, 1.82) is 0 Å². The van der Waals surface area contributed by atoms with E-state index in [1.165, 1.54) is 5.56 Å². The van der Waals surface area contributed by atoms with Gasteiger partial charge in [0.15, 0.2) is 0 Å². The van der Waals surface area contributed by atoms with Gasteiger partial charge in [-0.15, -0.1) is 0 Å². The topological polar surface area (TPSA) is 38.9 Å². The second-order valence-electron chi connectivity index (χ2n) is 7.25. The Morgan fingerprint density at radius 1 is 1.00 bits per heavy atom. The van der Waals surface area contributed by atoms with Gasteiger partial charge in [-0.05, 0) is 36.8 Å². The number of aromatic nitrogens is 2. The summed E-state index contributed by atoms with van der Waals surface area (Å²) in [6.07, 6.45) is 1.80. The van der Waals surface area contributed by atoms with Gasteiger partial charge in [0, 0.05) is 22.6 Å². The summed E-state index contributed by atoms with van der Waals surface area (Å²) in [4.78, 5) is 9.26. The zero-order valence-corrected chi connectivity index (χ0v) is 14.4. The second kappa shape index (κ2) is 5.17. The van der Waals surface area contributed by atoms with Crippen molar-refractivity contribution < 1.29 is 4.42 Å². The van der Waals surface area contributed by atoms with Crippen LogP contribution in [-0.4, -0.2) is 9.97 Å². The Morgan fingerprint density at radius 3 is 2.54 bits per heavy atom. The zero-order valence-electron chi connectivity index (χ0n) is 14.4.